The molecule has 204 valence electrons. The Labute approximate surface area is 215 Å². The lowest BCUT2D eigenvalue weighted by molar-refractivity contribution is 0.279. The summed E-state index contributed by atoms with van der Waals surface area (Å²) in [4.78, 5) is 0. The molecular weight excluding hydrogens is 414 g/mol. The van der Waals surface area contributed by atoms with E-state index < -0.39 is 0 Å². The number of hydrogen-bond acceptors (Lipinski definition) is 3. The monoisotopic (exact) mass is 480 g/mol. The van der Waals surface area contributed by atoms with Crippen molar-refractivity contribution in [2.75, 3.05) is 32.7 Å². The minimum Gasteiger partial charge on any atom is -0.316 e. The lowest BCUT2D eigenvalue weighted by atomic mass is 9.82. The summed E-state index contributed by atoms with van der Waals surface area (Å²) in [6, 6.07) is 0.815. The average Bonchev–Trinajstić information content (AvgIpc) is 3.56. The predicted octanol–water partition coefficient (Wildman–Crippen LogP) is 7.51. The molecule has 0 aromatic carbocycles. The summed E-state index contributed by atoms with van der Waals surface area (Å²) in [5.74, 6) is 6.47. The van der Waals surface area contributed by atoms with Crippen molar-refractivity contribution in [3.63, 3.8) is 0 Å². The molecule has 4 rings (SSSR count). The van der Waals surface area contributed by atoms with Crippen LogP contribution >= 0.6 is 0 Å². The van der Waals surface area contributed by atoms with Crippen molar-refractivity contribution in [1.82, 2.24) is 16.0 Å². The van der Waals surface area contributed by atoms with Gasteiger partial charge in [0, 0.05) is 6.04 Å². The first-order chi connectivity index (χ1) is 16.2. The Balaban J connectivity index is 0.000000227. The van der Waals surface area contributed by atoms with E-state index in [1.54, 1.807) is 0 Å². The van der Waals surface area contributed by atoms with Crippen LogP contribution in [0.1, 0.15) is 120 Å². The van der Waals surface area contributed by atoms with E-state index in [1.165, 1.54) is 96.9 Å². The molecule has 3 unspecified atom stereocenters. The molecule has 3 N–H and O–H groups in total. The maximum atomic E-state index is 3.46. The minimum atomic E-state index is 0.815. The molecule has 0 aromatic heterocycles. The maximum Gasteiger partial charge on any atom is 0.00905 e. The molecule has 34 heavy (non-hydrogen) atoms. The van der Waals surface area contributed by atoms with Gasteiger partial charge in [-0.1, -0.05) is 87.5 Å². The molecule has 3 saturated heterocycles. The van der Waals surface area contributed by atoms with Crippen molar-refractivity contribution < 1.29 is 0 Å². The molecule has 3 heteroatoms. The number of nitrogens with one attached hydrogen (secondary N) is 3. The Hall–Kier alpha value is -0.120. The van der Waals surface area contributed by atoms with Crippen molar-refractivity contribution in [1.29, 1.82) is 0 Å². The zero-order chi connectivity index (χ0) is 25.3. The van der Waals surface area contributed by atoms with Crippen LogP contribution in [0, 0.1) is 41.4 Å². The van der Waals surface area contributed by atoms with E-state index in [-0.39, 0.29) is 0 Å². The van der Waals surface area contributed by atoms with E-state index in [2.05, 4.69) is 71.3 Å². The predicted molar refractivity (Wildman–Crippen MR) is 154 cm³/mol. The van der Waals surface area contributed by atoms with Crippen LogP contribution in [0.15, 0.2) is 0 Å². The standard InChI is InChI=1S/C9H18.C8H17N.2C7H15N/c1-8(2)9-6-4-3-5-7-9;1-7(2)8-4-3-5-9-6-8;1-6(2)7-3-4-8-5-7;1-6(2)7-4-3-5-8-7/h8-9H,3-7H2,1-2H3;7-9H,3-6H2,1-2H3;2*6-8H,3-5H2,1-2H3. The summed E-state index contributed by atoms with van der Waals surface area (Å²) in [5.41, 5.74) is 0. The van der Waals surface area contributed by atoms with Crippen LogP contribution < -0.4 is 16.0 Å². The first kappa shape index (κ1) is 31.9. The van der Waals surface area contributed by atoms with Crippen molar-refractivity contribution in [3.8, 4) is 0 Å². The molecule has 4 fully saturated rings. The van der Waals surface area contributed by atoms with Gasteiger partial charge in [0.1, 0.15) is 0 Å². The number of rotatable bonds is 4. The van der Waals surface area contributed by atoms with Gasteiger partial charge in [0.25, 0.3) is 0 Å². The SMILES string of the molecule is CC(C)C1CCCCC1.CC(C)C1CCCN1.CC(C)C1CCCNC1.CC(C)C1CCNC1. The molecule has 3 nitrogen and oxygen atoms in total. The summed E-state index contributed by atoms with van der Waals surface area (Å²) in [5, 5.41) is 10.2. The lowest BCUT2D eigenvalue weighted by Gasteiger charge is -2.25. The summed E-state index contributed by atoms with van der Waals surface area (Å²) in [7, 11) is 0. The quantitative estimate of drug-likeness (QED) is 0.390. The van der Waals surface area contributed by atoms with Crippen molar-refractivity contribution in [2.45, 2.75) is 126 Å². The molecule has 3 heterocycles. The fourth-order valence-corrected chi connectivity index (χ4v) is 5.78. The molecule has 0 bridgehead atoms. The van der Waals surface area contributed by atoms with Gasteiger partial charge in [-0.05, 0) is 106 Å². The molecule has 3 atom stereocenters. The summed E-state index contributed by atoms with van der Waals surface area (Å²) >= 11 is 0. The van der Waals surface area contributed by atoms with Gasteiger partial charge in [-0.25, -0.2) is 0 Å². The van der Waals surface area contributed by atoms with E-state index >= 15 is 0 Å². The van der Waals surface area contributed by atoms with Gasteiger partial charge in [-0.3, -0.25) is 0 Å². The second kappa shape index (κ2) is 19.1. The smallest absolute Gasteiger partial charge is 0.00905 e. The van der Waals surface area contributed by atoms with Crippen LogP contribution in [0.5, 0.6) is 0 Å². The number of piperidine rings is 1. The highest BCUT2D eigenvalue weighted by Gasteiger charge is 2.18. The van der Waals surface area contributed by atoms with Gasteiger partial charge in [0.05, 0.1) is 0 Å². The van der Waals surface area contributed by atoms with E-state index in [0.29, 0.717) is 0 Å². The van der Waals surface area contributed by atoms with Crippen LogP contribution in [0.25, 0.3) is 0 Å². The summed E-state index contributed by atoms with van der Waals surface area (Å²) < 4.78 is 0. The van der Waals surface area contributed by atoms with Crippen molar-refractivity contribution in [3.05, 3.63) is 0 Å². The van der Waals surface area contributed by atoms with Gasteiger partial charge in [0.2, 0.25) is 0 Å². The van der Waals surface area contributed by atoms with Crippen LogP contribution in [-0.2, 0) is 0 Å². The largest absolute Gasteiger partial charge is 0.316 e. The molecule has 1 saturated carbocycles. The topological polar surface area (TPSA) is 36.1 Å². The Morgan fingerprint density at radius 2 is 0.941 bits per heavy atom. The summed E-state index contributed by atoms with van der Waals surface area (Å²) in [6.45, 7) is 24.7. The Bertz CT molecular complexity index is 394. The van der Waals surface area contributed by atoms with Crippen molar-refractivity contribution in [2.24, 2.45) is 41.4 Å². The maximum absolute atomic E-state index is 3.46. The van der Waals surface area contributed by atoms with Crippen LogP contribution in [0.3, 0.4) is 0 Å². The van der Waals surface area contributed by atoms with Crippen LogP contribution in [0.4, 0.5) is 0 Å². The third-order valence-electron chi connectivity index (χ3n) is 8.81. The van der Waals surface area contributed by atoms with Gasteiger partial charge >= 0.3 is 0 Å². The van der Waals surface area contributed by atoms with Crippen LogP contribution in [-0.4, -0.2) is 38.8 Å². The van der Waals surface area contributed by atoms with Gasteiger partial charge in [0.15, 0.2) is 0 Å². The van der Waals surface area contributed by atoms with Crippen LogP contribution in [0.2, 0.25) is 0 Å². The molecule has 0 amide bonds. The third-order valence-corrected chi connectivity index (χ3v) is 8.81. The van der Waals surface area contributed by atoms with E-state index in [0.717, 1.165) is 47.5 Å². The third kappa shape index (κ3) is 14.4. The first-order valence-electron chi connectivity index (χ1n) is 15.4. The molecular formula is C31H65N3. The molecule has 0 aromatic rings. The summed E-state index contributed by atoms with van der Waals surface area (Å²) in [6.07, 6.45) is 14.4. The van der Waals surface area contributed by atoms with E-state index in [1.807, 2.05) is 0 Å². The Kier molecular flexibility index (Phi) is 17.9. The highest BCUT2D eigenvalue weighted by atomic mass is 14.9. The first-order valence-corrected chi connectivity index (χ1v) is 15.4. The molecule has 0 radical (unpaired) electrons. The molecule has 0 spiro atoms. The highest BCUT2D eigenvalue weighted by molar-refractivity contribution is 4.76. The minimum absolute atomic E-state index is 0.815. The van der Waals surface area contributed by atoms with Gasteiger partial charge < -0.3 is 16.0 Å². The normalized spacial score (nSPS) is 27.7. The molecule has 4 aliphatic rings. The van der Waals surface area contributed by atoms with Crippen molar-refractivity contribution >= 4 is 0 Å². The second-order valence-electron chi connectivity index (χ2n) is 12.9. The number of hydrogen-bond donors (Lipinski definition) is 3. The average molecular weight is 480 g/mol. The zero-order valence-electron chi connectivity index (χ0n) is 24.7. The lowest BCUT2D eigenvalue weighted by Crippen LogP contribution is -2.32. The van der Waals surface area contributed by atoms with Gasteiger partial charge in [-0.2, -0.15) is 0 Å². The Morgan fingerprint density at radius 3 is 1.24 bits per heavy atom. The molecule has 1 aliphatic carbocycles. The Morgan fingerprint density at radius 1 is 0.441 bits per heavy atom. The van der Waals surface area contributed by atoms with Gasteiger partial charge in [-0.15, -0.1) is 0 Å². The fraction of sp³-hybridized carbons (Fsp3) is 1.00. The van der Waals surface area contributed by atoms with E-state index in [4.69, 9.17) is 0 Å². The second-order valence-corrected chi connectivity index (χ2v) is 12.9. The highest BCUT2D eigenvalue weighted by Crippen LogP contribution is 2.29. The zero-order valence-corrected chi connectivity index (χ0v) is 24.7. The molecule has 3 aliphatic heterocycles. The van der Waals surface area contributed by atoms with E-state index in [9.17, 15) is 0 Å². The fourth-order valence-electron chi connectivity index (χ4n) is 5.78.